The van der Waals surface area contributed by atoms with E-state index >= 15 is 0 Å². The fourth-order valence-electron chi connectivity index (χ4n) is 1.54. The van der Waals surface area contributed by atoms with Crippen LogP contribution in [0.15, 0.2) is 18.2 Å². The molecule has 0 fully saturated rings. The van der Waals surface area contributed by atoms with Crippen LogP contribution in [-0.4, -0.2) is 13.2 Å². The summed E-state index contributed by atoms with van der Waals surface area (Å²) in [5, 5.41) is 3.41. The molecule has 0 saturated carbocycles. The maximum atomic E-state index is 6.10. The summed E-state index contributed by atoms with van der Waals surface area (Å²) in [5.41, 5.74) is 7.78. The topological polar surface area (TPSA) is 47.3 Å². The van der Waals surface area contributed by atoms with Gasteiger partial charge in [-0.3, -0.25) is 0 Å². The Hall–Kier alpha value is -1.38. The Morgan fingerprint density at radius 3 is 2.61 bits per heavy atom. The van der Waals surface area contributed by atoms with Gasteiger partial charge >= 0.3 is 0 Å². The van der Waals surface area contributed by atoms with E-state index in [9.17, 15) is 0 Å². The highest BCUT2D eigenvalue weighted by Crippen LogP contribution is 2.29. The highest BCUT2D eigenvalue weighted by atomic mass is 16.5. The molecule has 0 aliphatic carbocycles. The van der Waals surface area contributed by atoms with Crippen molar-refractivity contribution in [3.8, 4) is 5.75 Å². The molecule has 0 aliphatic rings. The van der Waals surface area contributed by atoms with Gasteiger partial charge in [0.15, 0.2) is 0 Å². The molecule has 0 bridgehead atoms. The highest BCUT2D eigenvalue weighted by Gasteiger charge is 2.09. The molecule has 3 heteroatoms. The zero-order chi connectivity index (χ0) is 13.5. The maximum absolute atomic E-state index is 6.10. The smallest absolute Gasteiger partial charge is 0.144 e. The normalized spacial score (nSPS) is 12.5. The van der Waals surface area contributed by atoms with Crippen molar-refractivity contribution in [2.24, 2.45) is 11.8 Å². The Labute approximate surface area is 111 Å². The Bertz CT molecular complexity index is 364. The van der Waals surface area contributed by atoms with Crippen molar-refractivity contribution in [3.05, 3.63) is 18.2 Å². The Morgan fingerprint density at radius 2 is 2.00 bits per heavy atom. The summed E-state index contributed by atoms with van der Waals surface area (Å²) in [4.78, 5) is 0. The van der Waals surface area contributed by atoms with Crippen molar-refractivity contribution in [1.29, 1.82) is 0 Å². The lowest BCUT2D eigenvalue weighted by Gasteiger charge is -2.19. The number of nitrogens with one attached hydrogen (secondary N) is 1. The summed E-state index contributed by atoms with van der Waals surface area (Å²) < 4.78 is 5.62. The number of rotatable bonds is 7. The van der Waals surface area contributed by atoms with Gasteiger partial charge in [-0.25, -0.2) is 0 Å². The molecule has 0 spiro atoms. The Balaban J connectivity index is 2.65. The number of hydrogen-bond acceptors (Lipinski definition) is 3. The fourth-order valence-corrected chi connectivity index (χ4v) is 1.54. The number of benzene rings is 1. The van der Waals surface area contributed by atoms with Crippen LogP contribution in [-0.2, 0) is 0 Å². The zero-order valence-corrected chi connectivity index (χ0v) is 12.0. The molecule has 1 aromatic carbocycles. The molecule has 3 N–H and O–H groups in total. The average Bonchev–Trinajstić information content (AvgIpc) is 2.35. The van der Waals surface area contributed by atoms with Crippen molar-refractivity contribution in [3.63, 3.8) is 0 Å². The second-order valence-electron chi connectivity index (χ2n) is 5.17. The van der Waals surface area contributed by atoms with Gasteiger partial charge in [0.25, 0.3) is 0 Å². The summed E-state index contributed by atoms with van der Waals surface area (Å²) in [7, 11) is 0. The standard InChI is InChI=1S/C15H26N2O/c1-5-9-18-14-8-6-7-13(15(14)16)17-10-12(4)11(2)3/h6-8,11-12,17H,5,9-10,16H2,1-4H3. The number of hydrogen-bond donors (Lipinski definition) is 2. The van der Waals surface area contributed by atoms with Crippen LogP contribution in [0.3, 0.4) is 0 Å². The van der Waals surface area contributed by atoms with E-state index in [-0.39, 0.29) is 0 Å². The van der Waals surface area contributed by atoms with Crippen molar-refractivity contribution in [2.45, 2.75) is 34.1 Å². The van der Waals surface area contributed by atoms with Gasteiger partial charge in [0, 0.05) is 6.54 Å². The largest absolute Gasteiger partial charge is 0.491 e. The van der Waals surface area contributed by atoms with Gasteiger partial charge in [0.1, 0.15) is 5.75 Å². The second-order valence-corrected chi connectivity index (χ2v) is 5.17. The predicted molar refractivity (Wildman–Crippen MR) is 79.1 cm³/mol. The van der Waals surface area contributed by atoms with Crippen LogP contribution in [0.2, 0.25) is 0 Å². The molecule has 0 aromatic heterocycles. The maximum Gasteiger partial charge on any atom is 0.144 e. The second kappa shape index (κ2) is 7.14. The van der Waals surface area contributed by atoms with Gasteiger partial charge in [-0.1, -0.05) is 33.8 Å². The molecule has 1 unspecified atom stereocenters. The molecule has 0 radical (unpaired) electrons. The van der Waals surface area contributed by atoms with E-state index in [4.69, 9.17) is 10.5 Å². The van der Waals surface area contributed by atoms with Crippen LogP contribution in [0.5, 0.6) is 5.75 Å². The first-order chi connectivity index (χ1) is 8.56. The number of anilines is 2. The van der Waals surface area contributed by atoms with E-state index in [2.05, 4.69) is 33.0 Å². The predicted octanol–water partition coefficient (Wildman–Crippen LogP) is 3.76. The van der Waals surface area contributed by atoms with Crippen LogP contribution >= 0.6 is 0 Å². The number of nitrogens with two attached hydrogens (primary N) is 1. The molecule has 0 amide bonds. The molecular weight excluding hydrogens is 224 g/mol. The monoisotopic (exact) mass is 250 g/mol. The van der Waals surface area contributed by atoms with Crippen molar-refractivity contribution in [1.82, 2.24) is 0 Å². The molecule has 3 nitrogen and oxygen atoms in total. The van der Waals surface area contributed by atoms with Crippen LogP contribution in [0, 0.1) is 11.8 Å². The van der Waals surface area contributed by atoms with E-state index in [1.54, 1.807) is 0 Å². The Kier molecular flexibility index (Phi) is 5.83. The minimum atomic E-state index is 0.615. The van der Waals surface area contributed by atoms with Crippen LogP contribution in [0.4, 0.5) is 11.4 Å². The number of para-hydroxylation sites is 1. The van der Waals surface area contributed by atoms with Crippen LogP contribution in [0.1, 0.15) is 34.1 Å². The van der Waals surface area contributed by atoms with E-state index < -0.39 is 0 Å². The van der Waals surface area contributed by atoms with Gasteiger partial charge in [0.2, 0.25) is 0 Å². The van der Waals surface area contributed by atoms with Gasteiger partial charge in [0.05, 0.1) is 18.0 Å². The molecule has 1 atom stereocenters. The summed E-state index contributed by atoms with van der Waals surface area (Å²) in [6, 6.07) is 5.90. The van der Waals surface area contributed by atoms with E-state index in [0.29, 0.717) is 24.1 Å². The fraction of sp³-hybridized carbons (Fsp3) is 0.600. The van der Waals surface area contributed by atoms with Crippen LogP contribution in [0.25, 0.3) is 0 Å². The summed E-state index contributed by atoms with van der Waals surface area (Å²) >= 11 is 0. The van der Waals surface area contributed by atoms with E-state index in [0.717, 1.165) is 24.4 Å². The first kappa shape index (κ1) is 14.7. The minimum Gasteiger partial charge on any atom is -0.491 e. The third-order valence-electron chi connectivity index (χ3n) is 3.28. The summed E-state index contributed by atoms with van der Waals surface area (Å²) in [6.45, 7) is 10.4. The lowest BCUT2D eigenvalue weighted by atomic mass is 9.98. The molecule has 1 rings (SSSR count). The SMILES string of the molecule is CCCOc1cccc(NCC(C)C(C)C)c1N. The minimum absolute atomic E-state index is 0.615. The van der Waals surface area contributed by atoms with Gasteiger partial charge in [-0.2, -0.15) is 0 Å². The molecule has 0 heterocycles. The third-order valence-corrected chi connectivity index (χ3v) is 3.28. The molecule has 1 aromatic rings. The van der Waals surface area contributed by atoms with E-state index in [1.165, 1.54) is 0 Å². The number of nitrogen functional groups attached to an aromatic ring is 1. The first-order valence-electron chi connectivity index (χ1n) is 6.81. The molecule has 102 valence electrons. The van der Waals surface area contributed by atoms with Gasteiger partial charge < -0.3 is 15.8 Å². The van der Waals surface area contributed by atoms with Gasteiger partial charge in [-0.15, -0.1) is 0 Å². The van der Waals surface area contributed by atoms with Gasteiger partial charge in [-0.05, 0) is 30.4 Å². The van der Waals surface area contributed by atoms with Crippen molar-refractivity contribution >= 4 is 11.4 Å². The van der Waals surface area contributed by atoms with Crippen molar-refractivity contribution in [2.75, 3.05) is 24.2 Å². The summed E-state index contributed by atoms with van der Waals surface area (Å²) in [5.74, 6) is 2.06. The highest BCUT2D eigenvalue weighted by molar-refractivity contribution is 5.72. The lowest BCUT2D eigenvalue weighted by Crippen LogP contribution is -2.17. The Morgan fingerprint density at radius 1 is 1.28 bits per heavy atom. The molecular formula is C15H26N2O. The molecule has 0 saturated heterocycles. The van der Waals surface area contributed by atoms with Crippen molar-refractivity contribution < 1.29 is 4.74 Å². The average molecular weight is 250 g/mol. The third kappa shape index (κ3) is 4.13. The molecule has 18 heavy (non-hydrogen) atoms. The quantitative estimate of drug-likeness (QED) is 0.724. The first-order valence-corrected chi connectivity index (χ1v) is 6.81. The lowest BCUT2D eigenvalue weighted by molar-refractivity contribution is 0.319. The van der Waals surface area contributed by atoms with E-state index in [1.807, 2.05) is 18.2 Å². The molecule has 0 aliphatic heterocycles. The summed E-state index contributed by atoms with van der Waals surface area (Å²) in [6.07, 6.45) is 0.988. The van der Waals surface area contributed by atoms with Crippen LogP contribution < -0.4 is 15.8 Å². The number of ether oxygens (including phenoxy) is 1. The zero-order valence-electron chi connectivity index (χ0n) is 12.0.